The van der Waals surface area contributed by atoms with Crippen LogP contribution in [0.4, 0.5) is 5.13 Å². The smallest absolute Gasteiger partial charge is 0.268 e. The Bertz CT molecular complexity index is 848. The first-order chi connectivity index (χ1) is 12.5. The Kier molecular flexibility index (Phi) is 6.82. The third-order valence-corrected chi connectivity index (χ3v) is 4.56. The van der Waals surface area contributed by atoms with Crippen LogP contribution in [0.15, 0.2) is 22.9 Å². The van der Waals surface area contributed by atoms with Crippen LogP contribution in [0.25, 0.3) is 6.08 Å². The van der Waals surface area contributed by atoms with Gasteiger partial charge in [0, 0.05) is 11.5 Å². The van der Waals surface area contributed by atoms with E-state index in [0.29, 0.717) is 15.9 Å². The van der Waals surface area contributed by atoms with Crippen molar-refractivity contribution in [3.05, 3.63) is 23.3 Å². The normalized spacial score (nSPS) is 10.9. The standard InChI is InChI=1S/C16H16N4O4S2/c1-4-25-16-19-15(26-20-16)18-14(22)10(8-17)5-9-6-11(23-2)13(21)12(7-9)24-3/h5-7,21H,4H2,1-3H3,(H,18,19,20,22)/b10-5-. The minimum absolute atomic E-state index is 0.139. The first kappa shape index (κ1) is 19.6. The van der Waals surface area contributed by atoms with Gasteiger partial charge in [-0.2, -0.15) is 14.6 Å². The number of ether oxygens (including phenoxy) is 2. The first-order valence-electron chi connectivity index (χ1n) is 7.37. The van der Waals surface area contributed by atoms with Crippen molar-refractivity contribution < 1.29 is 19.4 Å². The van der Waals surface area contributed by atoms with Crippen molar-refractivity contribution in [1.82, 2.24) is 9.36 Å². The Labute approximate surface area is 158 Å². The zero-order valence-electron chi connectivity index (χ0n) is 14.3. The lowest BCUT2D eigenvalue weighted by Crippen LogP contribution is -2.13. The summed E-state index contributed by atoms with van der Waals surface area (Å²) in [6.45, 7) is 1.97. The van der Waals surface area contributed by atoms with Crippen molar-refractivity contribution in [2.75, 3.05) is 25.3 Å². The molecule has 2 aromatic rings. The number of phenolic OH excluding ortho intramolecular Hbond substituents is 1. The highest BCUT2D eigenvalue weighted by atomic mass is 32.2. The summed E-state index contributed by atoms with van der Waals surface area (Å²) in [5.41, 5.74) is 0.322. The molecule has 26 heavy (non-hydrogen) atoms. The van der Waals surface area contributed by atoms with Crippen LogP contribution in [-0.4, -0.2) is 40.3 Å². The molecule has 1 aromatic heterocycles. The minimum atomic E-state index is -0.609. The fourth-order valence-electron chi connectivity index (χ4n) is 1.93. The molecule has 0 aliphatic carbocycles. The predicted molar refractivity (Wildman–Crippen MR) is 99.7 cm³/mol. The number of anilines is 1. The molecule has 0 bridgehead atoms. The number of aromatic nitrogens is 2. The van der Waals surface area contributed by atoms with E-state index in [1.165, 1.54) is 44.2 Å². The van der Waals surface area contributed by atoms with E-state index in [0.717, 1.165) is 17.3 Å². The SMILES string of the molecule is CCSc1nsc(NC(=O)/C(C#N)=C\c2cc(OC)c(O)c(OC)c2)n1. The maximum atomic E-state index is 12.3. The summed E-state index contributed by atoms with van der Waals surface area (Å²) in [6, 6.07) is 4.83. The maximum Gasteiger partial charge on any atom is 0.268 e. The summed E-state index contributed by atoms with van der Waals surface area (Å²) >= 11 is 2.50. The fourth-order valence-corrected chi connectivity index (χ4v) is 3.19. The third-order valence-electron chi connectivity index (χ3n) is 3.08. The van der Waals surface area contributed by atoms with Crippen LogP contribution in [0.3, 0.4) is 0 Å². The molecule has 1 amide bonds. The summed E-state index contributed by atoms with van der Waals surface area (Å²) in [6.07, 6.45) is 1.36. The Morgan fingerprint density at radius 2 is 2.08 bits per heavy atom. The van der Waals surface area contributed by atoms with Gasteiger partial charge in [0.25, 0.3) is 5.91 Å². The third kappa shape index (κ3) is 4.65. The number of hydrogen-bond acceptors (Lipinski definition) is 9. The number of nitriles is 1. The molecule has 0 fully saturated rings. The monoisotopic (exact) mass is 392 g/mol. The van der Waals surface area contributed by atoms with Crippen molar-refractivity contribution in [3.63, 3.8) is 0 Å². The van der Waals surface area contributed by atoms with E-state index in [-0.39, 0.29) is 22.8 Å². The van der Waals surface area contributed by atoms with E-state index in [9.17, 15) is 15.2 Å². The number of thioether (sulfide) groups is 1. The van der Waals surface area contributed by atoms with Crippen LogP contribution in [-0.2, 0) is 4.79 Å². The highest BCUT2D eigenvalue weighted by molar-refractivity contribution is 7.99. The number of nitrogens with zero attached hydrogens (tertiary/aromatic N) is 3. The Morgan fingerprint density at radius 3 is 2.62 bits per heavy atom. The van der Waals surface area contributed by atoms with Crippen molar-refractivity contribution in [1.29, 1.82) is 5.26 Å². The number of amides is 1. The molecule has 2 N–H and O–H groups in total. The number of benzene rings is 1. The molecule has 0 radical (unpaired) electrons. The molecule has 0 saturated heterocycles. The molecular formula is C16H16N4O4S2. The minimum Gasteiger partial charge on any atom is -0.502 e. The van der Waals surface area contributed by atoms with E-state index in [1.54, 1.807) is 0 Å². The summed E-state index contributed by atoms with van der Waals surface area (Å²) in [7, 11) is 2.78. The highest BCUT2D eigenvalue weighted by Crippen LogP contribution is 2.37. The van der Waals surface area contributed by atoms with Crippen LogP contribution < -0.4 is 14.8 Å². The molecule has 2 rings (SSSR count). The van der Waals surface area contributed by atoms with E-state index in [4.69, 9.17) is 9.47 Å². The Hall–Kier alpha value is -2.77. The average molecular weight is 392 g/mol. The summed E-state index contributed by atoms with van der Waals surface area (Å²) in [5, 5.41) is 22.7. The number of carbonyl (C=O) groups is 1. The van der Waals surface area contributed by atoms with Crippen LogP contribution in [0.1, 0.15) is 12.5 Å². The summed E-state index contributed by atoms with van der Waals surface area (Å²) in [5.74, 6) is 0.378. The predicted octanol–water partition coefficient (Wildman–Crippen LogP) is 2.92. The number of aromatic hydroxyl groups is 1. The van der Waals surface area contributed by atoms with E-state index in [1.807, 2.05) is 13.0 Å². The lowest BCUT2D eigenvalue weighted by molar-refractivity contribution is -0.112. The van der Waals surface area contributed by atoms with Gasteiger partial charge in [0.2, 0.25) is 16.0 Å². The Balaban J connectivity index is 2.26. The van der Waals surface area contributed by atoms with E-state index >= 15 is 0 Å². The Morgan fingerprint density at radius 1 is 1.42 bits per heavy atom. The fraction of sp³-hybridized carbons (Fsp3) is 0.250. The van der Waals surface area contributed by atoms with Crippen molar-refractivity contribution >= 4 is 40.4 Å². The number of hydrogen-bond donors (Lipinski definition) is 2. The second-order valence-electron chi connectivity index (χ2n) is 4.71. The van der Waals surface area contributed by atoms with Gasteiger partial charge in [0.05, 0.1) is 14.2 Å². The molecule has 10 heteroatoms. The van der Waals surface area contributed by atoms with Gasteiger partial charge in [-0.15, -0.1) is 0 Å². The second-order valence-corrected chi connectivity index (χ2v) is 6.70. The molecule has 0 atom stereocenters. The van der Waals surface area contributed by atoms with Gasteiger partial charge in [-0.25, -0.2) is 0 Å². The quantitative estimate of drug-likeness (QED) is 0.420. The van der Waals surface area contributed by atoms with Crippen molar-refractivity contribution in [3.8, 4) is 23.3 Å². The molecule has 1 aromatic carbocycles. The maximum absolute atomic E-state index is 12.3. The summed E-state index contributed by atoms with van der Waals surface area (Å²) < 4.78 is 14.2. The van der Waals surface area contributed by atoms with Gasteiger partial charge in [-0.1, -0.05) is 18.7 Å². The average Bonchev–Trinajstić information content (AvgIpc) is 3.07. The first-order valence-corrected chi connectivity index (χ1v) is 9.12. The molecule has 0 aliphatic rings. The second kappa shape index (κ2) is 9.07. The van der Waals surface area contributed by atoms with Crippen LogP contribution >= 0.6 is 23.3 Å². The zero-order chi connectivity index (χ0) is 19.1. The van der Waals surface area contributed by atoms with Crippen LogP contribution in [0, 0.1) is 11.3 Å². The molecule has 0 unspecified atom stereocenters. The van der Waals surface area contributed by atoms with E-state index in [2.05, 4.69) is 14.7 Å². The molecular weight excluding hydrogens is 376 g/mol. The van der Waals surface area contributed by atoms with Gasteiger partial charge < -0.3 is 14.6 Å². The van der Waals surface area contributed by atoms with Gasteiger partial charge >= 0.3 is 0 Å². The number of nitrogens with one attached hydrogen (secondary N) is 1. The number of rotatable bonds is 7. The van der Waals surface area contributed by atoms with Crippen LogP contribution in [0.2, 0.25) is 0 Å². The number of methoxy groups -OCH3 is 2. The molecule has 136 valence electrons. The summed E-state index contributed by atoms with van der Waals surface area (Å²) in [4.78, 5) is 16.5. The molecule has 0 spiro atoms. The zero-order valence-corrected chi connectivity index (χ0v) is 15.9. The van der Waals surface area contributed by atoms with Crippen molar-refractivity contribution in [2.24, 2.45) is 0 Å². The van der Waals surface area contributed by atoms with Crippen molar-refractivity contribution in [2.45, 2.75) is 12.1 Å². The number of carbonyl (C=O) groups excluding carboxylic acids is 1. The van der Waals surface area contributed by atoms with Gasteiger partial charge in [0.15, 0.2) is 11.5 Å². The van der Waals surface area contributed by atoms with Gasteiger partial charge in [-0.3, -0.25) is 10.1 Å². The highest BCUT2D eigenvalue weighted by Gasteiger charge is 2.15. The van der Waals surface area contributed by atoms with Gasteiger partial charge in [0.1, 0.15) is 11.6 Å². The van der Waals surface area contributed by atoms with E-state index < -0.39 is 5.91 Å². The van der Waals surface area contributed by atoms with Gasteiger partial charge in [-0.05, 0) is 29.5 Å². The lowest BCUT2D eigenvalue weighted by atomic mass is 10.1. The molecule has 0 aliphatic heterocycles. The number of phenols is 1. The molecule has 1 heterocycles. The van der Waals surface area contributed by atoms with Crippen LogP contribution in [0.5, 0.6) is 17.2 Å². The largest absolute Gasteiger partial charge is 0.502 e. The topological polar surface area (TPSA) is 117 Å². The molecule has 8 nitrogen and oxygen atoms in total. The lowest BCUT2D eigenvalue weighted by Gasteiger charge is -2.09. The molecule has 0 saturated carbocycles.